The molecule has 1 aromatic carbocycles. The molecule has 0 radical (unpaired) electrons. The molecular formula is C17H26N-. The molecule has 0 spiro atoms. The van der Waals surface area contributed by atoms with Gasteiger partial charge in [-0.3, -0.25) is 4.90 Å². The van der Waals surface area contributed by atoms with Crippen molar-refractivity contribution < 1.29 is 0 Å². The molecule has 0 N–H and O–H groups in total. The van der Waals surface area contributed by atoms with Gasteiger partial charge in [0.05, 0.1) is 0 Å². The minimum absolute atomic E-state index is 0.652. The lowest BCUT2D eigenvalue weighted by Gasteiger charge is -2.26. The Balaban J connectivity index is 1.90. The van der Waals surface area contributed by atoms with Gasteiger partial charge in [-0.15, -0.1) is 0 Å². The van der Waals surface area contributed by atoms with E-state index in [1.807, 2.05) is 0 Å². The molecule has 0 aliphatic carbocycles. The highest BCUT2D eigenvalue weighted by Crippen LogP contribution is 2.21. The molecule has 1 aromatic rings. The van der Waals surface area contributed by atoms with Crippen LogP contribution in [0.15, 0.2) is 24.3 Å². The molecule has 1 heterocycles. The first-order valence-electron chi connectivity index (χ1n) is 7.38. The summed E-state index contributed by atoms with van der Waals surface area (Å²) in [6.07, 6.45) is 7.60. The predicted molar refractivity (Wildman–Crippen MR) is 78.6 cm³/mol. The summed E-state index contributed by atoms with van der Waals surface area (Å²) in [7, 11) is 0. The summed E-state index contributed by atoms with van der Waals surface area (Å²) in [5, 5.41) is 0. The van der Waals surface area contributed by atoms with Crippen molar-refractivity contribution in [3.05, 3.63) is 41.8 Å². The zero-order valence-corrected chi connectivity index (χ0v) is 11.9. The highest BCUT2D eigenvalue weighted by atomic mass is 15.1. The van der Waals surface area contributed by atoms with E-state index in [9.17, 15) is 0 Å². The highest BCUT2D eigenvalue weighted by Gasteiger charge is 2.10. The first-order valence-corrected chi connectivity index (χ1v) is 7.38. The predicted octanol–water partition coefficient (Wildman–Crippen LogP) is 4.39. The lowest BCUT2D eigenvalue weighted by molar-refractivity contribution is 0.221. The molecular weight excluding hydrogens is 218 g/mol. The zero-order valence-electron chi connectivity index (χ0n) is 11.9. The lowest BCUT2D eigenvalue weighted by atomic mass is 9.95. The normalized spacial score (nSPS) is 18.8. The fraction of sp³-hybridized carbons (Fsp3) is 0.588. The number of piperidine rings is 1. The van der Waals surface area contributed by atoms with Crippen LogP contribution < -0.4 is 0 Å². The molecule has 1 saturated heterocycles. The quantitative estimate of drug-likeness (QED) is 0.694. The van der Waals surface area contributed by atoms with Crippen LogP contribution in [0.5, 0.6) is 0 Å². The number of nitrogens with zero attached hydrogens (tertiary/aromatic N) is 1. The average Bonchev–Trinajstić information content (AvgIpc) is 2.41. The first kappa shape index (κ1) is 13.6. The smallest absolute Gasteiger partial charge is 0.0233 e. The second kappa shape index (κ2) is 6.94. The van der Waals surface area contributed by atoms with Gasteiger partial charge in [-0.05, 0) is 43.0 Å². The van der Waals surface area contributed by atoms with Crippen LogP contribution in [0.1, 0.15) is 56.6 Å². The van der Waals surface area contributed by atoms with Gasteiger partial charge in [0.25, 0.3) is 0 Å². The van der Waals surface area contributed by atoms with Crippen LogP contribution in [-0.2, 0) is 6.54 Å². The maximum atomic E-state index is 2.59. The molecule has 1 atom stereocenters. The maximum Gasteiger partial charge on any atom is 0.0233 e. The minimum Gasteiger partial charge on any atom is -0.331 e. The SMILES string of the molecule is C[CH-]CC(C)c1ccc(CN2CCCCC2)cc1. The van der Waals surface area contributed by atoms with Crippen LogP contribution in [0.2, 0.25) is 0 Å². The fourth-order valence-electron chi connectivity index (χ4n) is 2.82. The van der Waals surface area contributed by atoms with Crippen molar-refractivity contribution in [2.24, 2.45) is 0 Å². The summed E-state index contributed by atoms with van der Waals surface area (Å²) in [4.78, 5) is 2.59. The van der Waals surface area contributed by atoms with Crippen LogP contribution in [0.3, 0.4) is 0 Å². The number of likely N-dealkylation sites (tertiary alicyclic amines) is 1. The monoisotopic (exact) mass is 244 g/mol. The van der Waals surface area contributed by atoms with Crippen molar-refractivity contribution in [3.8, 4) is 0 Å². The van der Waals surface area contributed by atoms with E-state index in [2.05, 4.69) is 49.4 Å². The molecule has 1 fully saturated rings. The van der Waals surface area contributed by atoms with Gasteiger partial charge in [-0.25, -0.2) is 0 Å². The Morgan fingerprint density at radius 1 is 1.11 bits per heavy atom. The summed E-state index contributed by atoms with van der Waals surface area (Å²) in [6.45, 7) is 8.14. The number of hydrogen-bond acceptors (Lipinski definition) is 1. The van der Waals surface area contributed by atoms with Gasteiger partial charge in [0.2, 0.25) is 0 Å². The lowest BCUT2D eigenvalue weighted by Crippen LogP contribution is -2.29. The fourth-order valence-corrected chi connectivity index (χ4v) is 2.82. The molecule has 1 unspecified atom stereocenters. The van der Waals surface area contributed by atoms with Crippen LogP contribution >= 0.6 is 0 Å². The van der Waals surface area contributed by atoms with E-state index in [1.165, 1.54) is 49.9 Å². The Morgan fingerprint density at radius 3 is 2.39 bits per heavy atom. The van der Waals surface area contributed by atoms with Gasteiger partial charge in [0.1, 0.15) is 0 Å². The molecule has 1 aliphatic heterocycles. The topological polar surface area (TPSA) is 3.24 Å². The molecule has 1 nitrogen and oxygen atoms in total. The van der Waals surface area contributed by atoms with Gasteiger partial charge < -0.3 is 6.42 Å². The van der Waals surface area contributed by atoms with Crippen molar-refractivity contribution in [1.82, 2.24) is 4.90 Å². The van der Waals surface area contributed by atoms with E-state index >= 15 is 0 Å². The van der Waals surface area contributed by atoms with Gasteiger partial charge in [-0.2, -0.15) is 13.3 Å². The van der Waals surface area contributed by atoms with E-state index in [0.717, 1.165) is 6.54 Å². The van der Waals surface area contributed by atoms with Gasteiger partial charge in [-0.1, -0.05) is 37.6 Å². The molecule has 100 valence electrons. The van der Waals surface area contributed by atoms with E-state index in [1.54, 1.807) is 0 Å². The van der Waals surface area contributed by atoms with Gasteiger partial charge in [0.15, 0.2) is 0 Å². The highest BCUT2D eigenvalue weighted by molar-refractivity contribution is 5.25. The van der Waals surface area contributed by atoms with E-state index in [4.69, 9.17) is 0 Å². The number of hydrogen-bond donors (Lipinski definition) is 0. The minimum atomic E-state index is 0.652. The van der Waals surface area contributed by atoms with E-state index in [0.29, 0.717) is 5.92 Å². The van der Waals surface area contributed by atoms with Gasteiger partial charge in [0, 0.05) is 6.54 Å². The average molecular weight is 244 g/mol. The number of rotatable bonds is 5. The molecule has 0 saturated carbocycles. The van der Waals surface area contributed by atoms with Crippen LogP contribution in [0, 0.1) is 6.42 Å². The molecule has 0 aromatic heterocycles. The number of benzene rings is 1. The summed E-state index contributed by atoms with van der Waals surface area (Å²) in [6, 6.07) is 9.26. The third kappa shape index (κ3) is 3.84. The molecule has 2 rings (SSSR count). The van der Waals surface area contributed by atoms with Crippen LogP contribution in [-0.4, -0.2) is 18.0 Å². The Morgan fingerprint density at radius 2 is 1.78 bits per heavy atom. The Bertz CT molecular complexity index is 335. The van der Waals surface area contributed by atoms with E-state index in [-0.39, 0.29) is 0 Å². The second-order valence-electron chi connectivity index (χ2n) is 5.62. The Hall–Kier alpha value is -0.820. The summed E-state index contributed by atoms with van der Waals surface area (Å²) >= 11 is 0. The van der Waals surface area contributed by atoms with Crippen molar-refractivity contribution >= 4 is 0 Å². The van der Waals surface area contributed by atoms with Crippen molar-refractivity contribution in [3.63, 3.8) is 0 Å². The third-order valence-corrected chi connectivity index (χ3v) is 3.99. The summed E-state index contributed by atoms with van der Waals surface area (Å²) in [5.74, 6) is 0.652. The maximum absolute atomic E-state index is 2.59. The van der Waals surface area contributed by atoms with Crippen molar-refractivity contribution in [1.29, 1.82) is 0 Å². The molecule has 0 amide bonds. The third-order valence-electron chi connectivity index (χ3n) is 3.99. The summed E-state index contributed by atoms with van der Waals surface area (Å²) in [5.41, 5.74) is 2.93. The molecule has 18 heavy (non-hydrogen) atoms. The van der Waals surface area contributed by atoms with Crippen LogP contribution in [0.4, 0.5) is 0 Å². The van der Waals surface area contributed by atoms with Crippen molar-refractivity contribution in [2.75, 3.05) is 13.1 Å². The zero-order chi connectivity index (χ0) is 12.8. The standard InChI is InChI=1S/C17H26N/c1-3-7-15(2)17-10-8-16(9-11-17)14-18-12-5-4-6-13-18/h3,8-11,15H,4-7,12-14H2,1-2H3/q-1. The first-order chi connectivity index (χ1) is 8.79. The van der Waals surface area contributed by atoms with Crippen molar-refractivity contribution in [2.45, 2.75) is 52.0 Å². The molecule has 1 heteroatoms. The second-order valence-corrected chi connectivity index (χ2v) is 5.62. The Labute approximate surface area is 112 Å². The summed E-state index contributed by atoms with van der Waals surface area (Å²) < 4.78 is 0. The molecule has 0 bridgehead atoms. The molecule has 1 aliphatic rings. The Kier molecular flexibility index (Phi) is 5.25. The van der Waals surface area contributed by atoms with E-state index < -0.39 is 0 Å². The van der Waals surface area contributed by atoms with Crippen LogP contribution in [0.25, 0.3) is 0 Å². The largest absolute Gasteiger partial charge is 0.331 e. The van der Waals surface area contributed by atoms with Gasteiger partial charge >= 0.3 is 0 Å².